The number of ether oxygens (including phenoxy) is 1. The third-order valence-corrected chi connectivity index (χ3v) is 5.85. The van der Waals surface area contributed by atoms with Crippen molar-refractivity contribution in [2.45, 2.75) is 6.92 Å². The Balaban J connectivity index is 0.000000172. The number of pyridine rings is 2. The molecule has 0 spiro atoms. The predicted octanol–water partition coefficient (Wildman–Crippen LogP) is 5.50. The van der Waals surface area contributed by atoms with Crippen molar-refractivity contribution in [2.75, 3.05) is 6.61 Å². The van der Waals surface area contributed by atoms with Crippen molar-refractivity contribution in [3.63, 3.8) is 0 Å². The quantitative estimate of drug-likeness (QED) is 0.414. The van der Waals surface area contributed by atoms with Gasteiger partial charge < -0.3 is 9.84 Å². The Morgan fingerprint density at radius 2 is 1.33 bits per heavy atom. The third-order valence-electron chi connectivity index (χ3n) is 3.89. The summed E-state index contributed by atoms with van der Waals surface area (Å²) in [6.07, 6.45) is 6.85. The molecule has 0 atom stereocenters. The molecule has 0 aliphatic heterocycles. The number of carboxylic acid groups (broad SMARTS) is 1. The van der Waals surface area contributed by atoms with E-state index < -0.39 is 5.97 Å². The van der Waals surface area contributed by atoms with E-state index in [-0.39, 0.29) is 5.97 Å². The molecule has 4 rings (SSSR count). The molecule has 4 heterocycles. The molecule has 0 saturated heterocycles. The summed E-state index contributed by atoms with van der Waals surface area (Å²) >= 11 is 2.95. The number of thiophene rings is 2. The molecule has 4 aromatic heterocycles. The molecule has 30 heavy (non-hydrogen) atoms. The Morgan fingerprint density at radius 1 is 0.867 bits per heavy atom. The fraction of sp³-hybridized carbons (Fsp3) is 0.0909. The second-order valence-corrected chi connectivity index (χ2v) is 7.72. The zero-order valence-corrected chi connectivity index (χ0v) is 17.7. The van der Waals surface area contributed by atoms with E-state index in [1.165, 1.54) is 22.7 Å². The van der Waals surface area contributed by atoms with Crippen LogP contribution in [0.5, 0.6) is 0 Å². The van der Waals surface area contributed by atoms with Gasteiger partial charge in [0.2, 0.25) is 0 Å². The second-order valence-electron chi connectivity index (χ2n) is 5.90. The molecule has 0 bridgehead atoms. The van der Waals surface area contributed by atoms with Gasteiger partial charge in [-0.25, -0.2) is 9.59 Å². The molecular weight excluding hydrogens is 420 g/mol. The number of hydrogen-bond donors (Lipinski definition) is 1. The molecule has 8 heteroatoms. The Bertz CT molecular complexity index is 1110. The predicted molar refractivity (Wildman–Crippen MR) is 118 cm³/mol. The van der Waals surface area contributed by atoms with E-state index in [1.54, 1.807) is 43.2 Å². The Hall–Kier alpha value is -3.36. The minimum absolute atomic E-state index is 0.265. The number of hydrogen-bond acceptors (Lipinski definition) is 7. The van der Waals surface area contributed by atoms with Crippen LogP contribution in [0.25, 0.3) is 20.9 Å². The normalized spacial score (nSPS) is 10.0. The lowest BCUT2D eigenvalue weighted by molar-refractivity contribution is 0.0526. The van der Waals surface area contributed by atoms with Crippen molar-refractivity contribution >= 4 is 34.6 Å². The average Bonchev–Trinajstić information content (AvgIpc) is 3.46. The summed E-state index contributed by atoms with van der Waals surface area (Å²) in [5.41, 5.74) is 3.01. The van der Waals surface area contributed by atoms with Gasteiger partial charge in [-0.2, -0.15) is 0 Å². The molecule has 152 valence electrons. The summed E-state index contributed by atoms with van der Waals surface area (Å²) < 4.78 is 4.93. The lowest BCUT2D eigenvalue weighted by Crippen LogP contribution is -2.02. The summed E-state index contributed by atoms with van der Waals surface area (Å²) in [4.78, 5) is 32.0. The highest BCUT2D eigenvalue weighted by atomic mass is 32.1. The summed E-state index contributed by atoms with van der Waals surface area (Å²) in [6, 6.07) is 11.1. The van der Waals surface area contributed by atoms with Crippen LogP contribution in [0.15, 0.2) is 71.9 Å². The monoisotopic (exact) mass is 438 g/mol. The van der Waals surface area contributed by atoms with Gasteiger partial charge in [-0.3, -0.25) is 9.97 Å². The molecule has 0 aliphatic carbocycles. The fourth-order valence-corrected chi connectivity index (χ4v) is 4.22. The van der Waals surface area contributed by atoms with Crippen LogP contribution in [0.1, 0.15) is 27.6 Å². The first-order chi connectivity index (χ1) is 14.6. The van der Waals surface area contributed by atoms with E-state index in [2.05, 4.69) is 9.97 Å². The lowest BCUT2D eigenvalue weighted by atomic mass is 10.2. The van der Waals surface area contributed by atoms with Gasteiger partial charge in [-0.1, -0.05) is 0 Å². The minimum Gasteiger partial charge on any atom is -0.478 e. The highest BCUT2D eigenvalue weighted by Crippen LogP contribution is 2.27. The summed E-state index contributed by atoms with van der Waals surface area (Å²) in [7, 11) is 0. The number of rotatable bonds is 5. The number of carbonyl (C=O) groups excluding carboxylic acids is 1. The van der Waals surface area contributed by atoms with Crippen LogP contribution in [0.3, 0.4) is 0 Å². The average molecular weight is 439 g/mol. The molecule has 0 aliphatic rings. The van der Waals surface area contributed by atoms with Gasteiger partial charge in [0.05, 0.1) is 17.7 Å². The number of carboxylic acids is 1. The maximum atomic E-state index is 11.5. The van der Waals surface area contributed by atoms with E-state index in [0.717, 1.165) is 20.9 Å². The van der Waals surface area contributed by atoms with Gasteiger partial charge in [0.15, 0.2) is 0 Å². The highest BCUT2D eigenvalue weighted by Gasteiger charge is 2.10. The summed E-state index contributed by atoms with van der Waals surface area (Å²) in [6.45, 7) is 2.20. The molecule has 0 fully saturated rings. The van der Waals surface area contributed by atoms with Gasteiger partial charge in [0.25, 0.3) is 0 Å². The smallest absolute Gasteiger partial charge is 0.338 e. The number of carbonyl (C=O) groups is 2. The van der Waals surface area contributed by atoms with Crippen molar-refractivity contribution in [3.05, 3.63) is 83.1 Å². The molecule has 0 aromatic carbocycles. The molecular formula is C22H18N2O4S2. The van der Waals surface area contributed by atoms with Crippen LogP contribution >= 0.6 is 22.7 Å². The number of esters is 1. The summed E-state index contributed by atoms with van der Waals surface area (Å²) in [5, 5.41) is 12.2. The maximum absolute atomic E-state index is 11.5. The Kier molecular flexibility index (Phi) is 7.42. The fourth-order valence-electron chi connectivity index (χ4n) is 2.44. The van der Waals surface area contributed by atoms with Gasteiger partial charge in [-0.05, 0) is 54.4 Å². The minimum atomic E-state index is -0.887. The van der Waals surface area contributed by atoms with Gasteiger partial charge >= 0.3 is 11.9 Å². The first-order valence-corrected chi connectivity index (χ1v) is 10.7. The van der Waals surface area contributed by atoms with Crippen LogP contribution < -0.4 is 0 Å². The molecule has 0 saturated carbocycles. The largest absolute Gasteiger partial charge is 0.478 e. The van der Waals surface area contributed by atoms with Crippen LogP contribution in [0, 0.1) is 0 Å². The molecule has 4 aromatic rings. The number of aromatic carboxylic acids is 1. The topological polar surface area (TPSA) is 89.4 Å². The van der Waals surface area contributed by atoms with Crippen molar-refractivity contribution in [1.82, 2.24) is 9.97 Å². The van der Waals surface area contributed by atoms with Gasteiger partial charge in [0, 0.05) is 45.3 Å². The Morgan fingerprint density at radius 3 is 1.77 bits per heavy atom. The van der Waals surface area contributed by atoms with Crippen LogP contribution in [0.2, 0.25) is 0 Å². The van der Waals surface area contributed by atoms with E-state index in [0.29, 0.717) is 17.7 Å². The van der Waals surface area contributed by atoms with Crippen LogP contribution in [-0.4, -0.2) is 33.6 Å². The van der Waals surface area contributed by atoms with Crippen molar-refractivity contribution in [1.29, 1.82) is 0 Å². The number of aromatic nitrogens is 2. The van der Waals surface area contributed by atoms with Gasteiger partial charge in [0.1, 0.15) is 0 Å². The summed E-state index contributed by atoms with van der Waals surface area (Å²) in [5.74, 6) is -1.15. The Labute approximate surface area is 181 Å². The lowest BCUT2D eigenvalue weighted by Gasteiger charge is -1.97. The van der Waals surface area contributed by atoms with E-state index in [1.807, 2.05) is 35.7 Å². The van der Waals surface area contributed by atoms with Crippen molar-refractivity contribution in [3.8, 4) is 20.9 Å². The number of nitrogens with zero attached hydrogens (tertiary/aromatic N) is 2. The van der Waals surface area contributed by atoms with Crippen molar-refractivity contribution < 1.29 is 19.4 Å². The SMILES string of the molecule is CCOC(=O)c1csc(-c2ccncc2)c1.O=C(O)c1csc(-c2ccncc2)c1. The van der Waals surface area contributed by atoms with Crippen molar-refractivity contribution in [2.24, 2.45) is 0 Å². The molecule has 0 amide bonds. The molecule has 1 N–H and O–H groups in total. The van der Waals surface area contributed by atoms with Crippen LogP contribution in [0.4, 0.5) is 0 Å². The van der Waals surface area contributed by atoms with E-state index in [9.17, 15) is 9.59 Å². The second kappa shape index (κ2) is 10.4. The standard InChI is InChI=1S/C12H11NO2S.C10H7NO2S/c1-2-15-12(14)10-7-11(16-8-10)9-3-5-13-6-4-9;12-10(13)8-5-9(14-6-8)7-1-3-11-4-2-7/h3-8H,2H2,1H3;1-6H,(H,12,13). The zero-order chi connectivity index (χ0) is 21.3. The maximum Gasteiger partial charge on any atom is 0.338 e. The molecule has 6 nitrogen and oxygen atoms in total. The highest BCUT2D eigenvalue weighted by molar-refractivity contribution is 7.14. The van der Waals surface area contributed by atoms with Gasteiger partial charge in [-0.15, -0.1) is 22.7 Å². The first-order valence-electron chi connectivity index (χ1n) is 8.96. The van der Waals surface area contributed by atoms with E-state index >= 15 is 0 Å². The molecule has 0 unspecified atom stereocenters. The van der Waals surface area contributed by atoms with Crippen LogP contribution in [-0.2, 0) is 4.74 Å². The third kappa shape index (κ3) is 5.59. The van der Waals surface area contributed by atoms with E-state index in [4.69, 9.17) is 9.84 Å². The first kappa shape index (κ1) is 21.4. The zero-order valence-electron chi connectivity index (χ0n) is 16.0. The molecule has 0 radical (unpaired) electrons.